The van der Waals surface area contributed by atoms with Crippen LogP contribution in [0.4, 0.5) is 0 Å². The van der Waals surface area contributed by atoms with Crippen LogP contribution in [-0.4, -0.2) is 16.7 Å². The molecule has 1 N–H and O–H groups in total. The van der Waals surface area contributed by atoms with Crippen molar-refractivity contribution in [2.75, 3.05) is 6.54 Å². The highest BCUT2D eigenvalue weighted by atomic mass is 16.5. The van der Waals surface area contributed by atoms with E-state index in [9.17, 15) is 0 Å². The average Bonchev–Trinajstić information content (AvgIpc) is 3.06. The van der Waals surface area contributed by atoms with Gasteiger partial charge in [0, 0.05) is 5.56 Å². The van der Waals surface area contributed by atoms with Crippen molar-refractivity contribution in [2.24, 2.45) is 5.92 Å². The molecule has 1 aromatic carbocycles. The summed E-state index contributed by atoms with van der Waals surface area (Å²) in [7, 11) is 0. The summed E-state index contributed by atoms with van der Waals surface area (Å²) in [5.41, 5.74) is 2.43. The van der Waals surface area contributed by atoms with Gasteiger partial charge in [-0.25, -0.2) is 0 Å². The molecule has 0 amide bonds. The molecule has 1 aromatic heterocycles. The van der Waals surface area contributed by atoms with Crippen LogP contribution < -0.4 is 5.32 Å². The van der Waals surface area contributed by atoms with Crippen LogP contribution in [0.5, 0.6) is 0 Å². The van der Waals surface area contributed by atoms with E-state index in [4.69, 9.17) is 4.52 Å². The van der Waals surface area contributed by atoms with Crippen molar-refractivity contribution < 1.29 is 4.52 Å². The standard InChI is InChI=1S/C21H31N3O/c1-6-8-16(7-2)13-14-22-15-19-23-20(24-25-19)17-9-11-18(12-10-17)21(3,4)5/h6,9-12,16,22H,1,7-8,13-15H2,2-5H3. The summed E-state index contributed by atoms with van der Waals surface area (Å²) in [5.74, 6) is 1.98. The van der Waals surface area contributed by atoms with Crippen LogP contribution in [0.25, 0.3) is 11.4 Å². The molecule has 25 heavy (non-hydrogen) atoms. The minimum absolute atomic E-state index is 0.146. The second kappa shape index (κ2) is 8.95. The van der Waals surface area contributed by atoms with E-state index in [2.05, 4.69) is 74.0 Å². The predicted molar refractivity (Wildman–Crippen MR) is 103 cm³/mol. The third-order valence-corrected chi connectivity index (χ3v) is 4.56. The predicted octanol–water partition coefficient (Wildman–Crippen LogP) is 5.12. The number of allylic oxidation sites excluding steroid dienone is 1. The Morgan fingerprint density at radius 1 is 1.24 bits per heavy atom. The van der Waals surface area contributed by atoms with Crippen molar-refractivity contribution in [1.82, 2.24) is 15.5 Å². The summed E-state index contributed by atoms with van der Waals surface area (Å²) in [5, 5.41) is 7.49. The second-order valence-corrected chi connectivity index (χ2v) is 7.60. The molecule has 0 bridgehead atoms. The highest BCUT2D eigenvalue weighted by molar-refractivity contribution is 5.55. The lowest BCUT2D eigenvalue weighted by Crippen LogP contribution is -2.17. The maximum Gasteiger partial charge on any atom is 0.240 e. The molecular formula is C21H31N3O. The first-order chi connectivity index (χ1) is 11.9. The molecule has 0 radical (unpaired) electrons. The van der Waals surface area contributed by atoms with Gasteiger partial charge in [-0.05, 0) is 36.3 Å². The van der Waals surface area contributed by atoms with Crippen molar-refractivity contribution >= 4 is 0 Å². The van der Waals surface area contributed by atoms with Gasteiger partial charge >= 0.3 is 0 Å². The Balaban J connectivity index is 1.86. The number of aromatic nitrogens is 2. The lowest BCUT2D eigenvalue weighted by Gasteiger charge is -2.18. The van der Waals surface area contributed by atoms with Crippen molar-refractivity contribution in [1.29, 1.82) is 0 Å². The Kier molecular flexibility index (Phi) is 6.94. The Hall–Kier alpha value is -1.94. The molecule has 0 spiro atoms. The number of rotatable bonds is 9. The molecule has 0 aliphatic rings. The van der Waals surface area contributed by atoms with Crippen molar-refractivity contribution in [3.8, 4) is 11.4 Å². The SMILES string of the molecule is C=CCC(CC)CCNCc1nc(-c2ccc(C(C)(C)C)cc2)no1. The van der Waals surface area contributed by atoms with Crippen LogP contribution in [0.3, 0.4) is 0 Å². The second-order valence-electron chi connectivity index (χ2n) is 7.60. The van der Waals surface area contributed by atoms with Gasteiger partial charge in [0.05, 0.1) is 6.54 Å². The Bertz CT molecular complexity index is 653. The number of hydrogen-bond donors (Lipinski definition) is 1. The molecule has 0 aliphatic carbocycles. The third-order valence-electron chi connectivity index (χ3n) is 4.56. The highest BCUT2D eigenvalue weighted by Crippen LogP contribution is 2.25. The van der Waals surface area contributed by atoms with Crippen molar-refractivity contribution in [2.45, 2.75) is 58.9 Å². The van der Waals surface area contributed by atoms with Crippen LogP contribution >= 0.6 is 0 Å². The van der Waals surface area contributed by atoms with Crippen LogP contribution in [0.2, 0.25) is 0 Å². The quantitative estimate of drug-likeness (QED) is 0.508. The first-order valence-electron chi connectivity index (χ1n) is 9.19. The van der Waals surface area contributed by atoms with Gasteiger partial charge in [-0.3, -0.25) is 0 Å². The summed E-state index contributed by atoms with van der Waals surface area (Å²) >= 11 is 0. The molecule has 1 atom stereocenters. The molecule has 0 aliphatic heterocycles. The van der Waals surface area contributed by atoms with Gasteiger partial charge in [0.25, 0.3) is 0 Å². The highest BCUT2D eigenvalue weighted by Gasteiger charge is 2.14. The fourth-order valence-electron chi connectivity index (χ4n) is 2.79. The molecule has 1 unspecified atom stereocenters. The van der Waals surface area contributed by atoms with E-state index >= 15 is 0 Å². The van der Waals surface area contributed by atoms with Gasteiger partial charge in [-0.2, -0.15) is 4.98 Å². The molecule has 0 saturated carbocycles. The van der Waals surface area contributed by atoms with E-state index < -0.39 is 0 Å². The minimum atomic E-state index is 0.146. The van der Waals surface area contributed by atoms with Gasteiger partial charge in [-0.1, -0.05) is 69.6 Å². The van der Waals surface area contributed by atoms with E-state index in [-0.39, 0.29) is 5.41 Å². The largest absolute Gasteiger partial charge is 0.338 e. The smallest absolute Gasteiger partial charge is 0.240 e. The number of hydrogen-bond acceptors (Lipinski definition) is 4. The molecule has 2 rings (SSSR count). The van der Waals surface area contributed by atoms with Crippen LogP contribution in [-0.2, 0) is 12.0 Å². The van der Waals surface area contributed by atoms with E-state index in [0.29, 0.717) is 24.2 Å². The molecule has 2 aromatic rings. The number of benzene rings is 1. The summed E-state index contributed by atoms with van der Waals surface area (Å²) in [6.07, 6.45) is 5.40. The summed E-state index contributed by atoms with van der Waals surface area (Å²) < 4.78 is 5.36. The van der Waals surface area contributed by atoms with Crippen LogP contribution in [0.1, 0.15) is 58.4 Å². The van der Waals surface area contributed by atoms with E-state index in [1.165, 1.54) is 12.0 Å². The Morgan fingerprint density at radius 3 is 2.56 bits per heavy atom. The topological polar surface area (TPSA) is 51.0 Å². The molecular weight excluding hydrogens is 310 g/mol. The zero-order chi connectivity index (χ0) is 18.3. The third kappa shape index (κ3) is 5.82. The zero-order valence-corrected chi connectivity index (χ0v) is 16.0. The van der Waals surface area contributed by atoms with Gasteiger partial charge < -0.3 is 9.84 Å². The van der Waals surface area contributed by atoms with Gasteiger partial charge in [0.2, 0.25) is 11.7 Å². The first kappa shape index (κ1) is 19.4. The normalized spacial score (nSPS) is 13.0. The van der Waals surface area contributed by atoms with E-state index in [0.717, 1.165) is 24.9 Å². The first-order valence-corrected chi connectivity index (χ1v) is 9.19. The lowest BCUT2D eigenvalue weighted by atomic mass is 9.87. The molecule has 0 saturated heterocycles. The average molecular weight is 341 g/mol. The fourth-order valence-corrected chi connectivity index (χ4v) is 2.79. The van der Waals surface area contributed by atoms with E-state index in [1.807, 2.05) is 6.08 Å². The Morgan fingerprint density at radius 2 is 1.96 bits per heavy atom. The Labute approximate surface area is 151 Å². The van der Waals surface area contributed by atoms with E-state index in [1.54, 1.807) is 0 Å². The van der Waals surface area contributed by atoms with Crippen molar-refractivity contribution in [3.63, 3.8) is 0 Å². The van der Waals surface area contributed by atoms with Crippen molar-refractivity contribution in [3.05, 3.63) is 48.4 Å². The summed E-state index contributed by atoms with van der Waals surface area (Å²) in [6, 6.07) is 8.38. The molecule has 1 heterocycles. The number of nitrogens with one attached hydrogen (secondary N) is 1. The number of nitrogens with zero attached hydrogens (tertiary/aromatic N) is 2. The molecule has 4 heteroatoms. The molecule has 0 fully saturated rings. The maximum absolute atomic E-state index is 5.36. The maximum atomic E-state index is 5.36. The molecule has 4 nitrogen and oxygen atoms in total. The van der Waals surface area contributed by atoms with Crippen LogP contribution in [0.15, 0.2) is 41.4 Å². The summed E-state index contributed by atoms with van der Waals surface area (Å²) in [6.45, 7) is 14.2. The minimum Gasteiger partial charge on any atom is -0.338 e. The monoisotopic (exact) mass is 341 g/mol. The van der Waals surface area contributed by atoms with Crippen LogP contribution in [0, 0.1) is 5.92 Å². The van der Waals surface area contributed by atoms with Gasteiger partial charge in [-0.15, -0.1) is 6.58 Å². The zero-order valence-electron chi connectivity index (χ0n) is 16.0. The van der Waals surface area contributed by atoms with Gasteiger partial charge in [0.15, 0.2) is 0 Å². The van der Waals surface area contributed by atoms with Gasteiger partial charge in [0.1, 0.15) is 0 Å². The fraction of sp³-hybridized carbons (Fsp3) is 0.524. The lowest BCUT2D eigenvalue weighted by molar-refractivity contribution is 0.362. The summed E-state index contributed by atoms with van der Waals surface area (Å²) in [4.78, 5) is 4.49. The molecule has 136 valence electrons.